The summed E-state index contributed by atoms with van der Waals surface area (Å²) >= 11 is 4.05. The summed E-state index contributed by atoms with van der Waals surface area (Å²) in [4.78, 5) is 14.0. The minimum Gasteiger partial charge on any atom is -0.325 e. The molecule has 3 nitrogen and oxygen atoms in total. The normalized spacial score (nSPS) is 30.3. The van der Waals surface area contributed by atoms with E-state index in [4.69, 9.17) is 0 Å². The van der Waals surface area contributed by atoms with Gasteiger partial charge in [-0.25, -0.2) is 0 Å². The summed E-state index contributed by atoms with van der Waals surface area (Å²) < 4.78 is 0. The van der Waals surface area contributed by atoms with Crippen molar-refractivity contribution in [3.05, 3.63) is 0 Å². The number of carbonyl (C=O) groups excluding carboxylic acids is 1. The Morgan fingerprint density at radius 3 is 2.94 bits per heavy atom. The van der Waals surface area contributed by atoms with E-state index in [1.54, 1.807) is 0 Å². The van der Waals surface area contributed by atoms with Crippen LogP contribution >= 0.6 is 23.5 Å². The van der Waals surface area contributed by atoms with Crippen LogP contribution in [0.15, 0.2) is 0 Å². The van der Waals surface area contributed by atoms with Gasteiger partial charge in [-0.2, -0.15) is 23.5 Å². The van der Waals surface area contributed by atoms with Gasteiger partial charge in [0.25, 0.3) is 0 Å². The van der Waals surface area contributed by atoms with Gasteiger partial charge >= 0.3 is 0 Å². The second-order valence-electron chi connectivity index (χ2n) is 5.14. The number of nitrogens with one attached hydrogen (secondary N) is 1. The van der Waals surface area contributed by atoms with Gasteiger partial charge in [0.2, 0.25) is 5.91 Å². The van der Waals surface area contributed by atoms with Crippen molar-refractivity contribution < 1.29 is 4.79 Å². The summed E-state index contributed by atoms with van der Waals surface area (Å²) in [5.74, 6) is 4.62. The molecule has 2 fully saturated rings. The predicted octanol–water partition coefficient (Wildman–Crippen LogP) is 1.64. The van der Waals surface area contributed by atoms with E-state index in [-0.39, 0.29) is 12.1 Å². The zero-order valence-electron chi connectivity index (χ0n) is 10.6. The van der Waals surface area contributed by atoms with Crippen LogP contribution in [0.4, 0.5) is 0 Å². The van der Waals surface area contributed by atoms with Crippen LogP contribution in [0.3, 0.4) is 0 Å². The molecule has 0 bridgehead atoms. The molecule has 1 amide bonds. The van der Waals surface area contributed by atoms with Crippen molar-refractivity contribution in [2.24, 2.45) is 5.92 Å². The van der Waals surface area contributed by atoms with Gasteiger partial charge in [-0.3, -0.25) is 10.1 Å². The van der Waals surface area contributed by atoms with Gasteiger partial charge in [-0.1, -0.05) is 13.8 Å². The van der Waals surface area contributed by atoms with Gasteiger partial charge in [0.05, 0.1) is 12.7 Å². The number of hydrogen-bond acceptors (Lipinski definition) is 4. The highest BCUT2D eigenvalue weighted by atomic mass is 32.2. The molecule has 2 aliphatic heterocycles. The van der Waals surface area contributed by atoms with Crippen LogP contribution in [0.25, 0.3) is 0 Å². The molecule has 5 heteroatoms. The highest BCUT2D eigenvalue weighted by Gasteiger charge is 2.32. The first-order chi connectivity index (χ1) is 8.16. The standard InChI is InChI=1S/C12H22N2OS2/c1-9(2)5-11-13-6-12(15)14(11)7-10-8-16-3-4-17-10/h9-11,13H,3-8H2,1-2H3. The average Bonchev–Trinajstić information content (AvgIpc) is 2.62. The van der Waals surface area contributed by atoms with Crippen molar-refractivity contribution in [2.75, 3.05) is 30.3 Å². The minimum atomic E-state index is 0.273. The van der Waals surface area contributed by atoms with Crippen LogP contribution in [0.2, 0.25) is 0 Å². The third-order valence-electron chi connectivity index (χ3n) is 3.17. The van der Waals surface area contributed by atoms with Crippen molar-refractivity contribution in [2.45, 2.75) is 31.7 Å². The Morgan fingerprint density at radius 2 is 2.29 bits per heavy atom. The first-order valence-electron chi connectivity index (χ1n) is 6.39. The molecule has 98 valence electrons. The third-order valence-corrected chi connectivity index (χ3v) is 5.99. The smallest absolute Gasteiger partial charge is 0.237 e. The molecule has 0 aromatic rings. The number of hydrogen-bond donors (Lipinski definition) is 1. The Hall–Kier alpha value is 0.130. The van der Waals surface area contributed by atoms with E-state index in [2.05, 4.69) is 24.1 Å². The van der Waals surface area contributed by atoms with Crippen LogP contribution < -0.4 is 5.32 Å². The fraction of sp³-hybridized carbons (Fsp3) is 0.917. The Balaban J connectivity index is 1.88. The monoisotopic (exact) mass is 274 g/mol. The summed E-state index contributed by atoms with van der Waals surface area (Å²) in [6.45, 7) is 5.89. The highest BCUT2D eigenvalue weighted by molar-refractivity contribution is 8.06. The molecule has 0 spiro atoms. The SMILES string of the molecule is CC(C)CC1NCC(=O)N1CC1CSCCS1. The van der Waals surface area contributed by atoms with Crippen molar-refractivity contribution in [3.8, 4) is 0 Å². The van der Waals surface area contributed by atoms with Crippen LogP contribution in [-0.2, 0) is 4.79 Å². The van der Waals surface area contributed by atoms with Gasteiger partial charge < -0.3 is 4.90 Å². The Morgan fingerprint density at radius 1 is 1.47 bits per heavy atom. The summed E-state index contributed by atoms with van der Waals surface area (Å²) in [6.07, 6.45) is 1.34. The van der Waals surface area contributed by atoms with Crippen LogP contribution in [-0.4, -0.2) is 52.6 Å². The Labute approximate surface area is 112 Å². The lowest BCUT2D eigenvalue weighted by atomic mass is 10.1. The number of amides is 1. The lowest BCUT2D eigenvalue weighted by Crippen LogP contribution is -2.43. The molecule has 2 atom stereocenters. The van der Waals surface area contributed by atoms with Gasteiger partial charge in [0.15, 0.2) is 0 Å². The molecule has 0 saturated carbocycles. The zero-order chi connectivity index (χ0) is 12.3. The summed E-state index contributed by atoms with van der Waals surface area (Å²) in [7, 11) is 0. The van der Waals surface area contributed by atoms with E-state index in [1.165, 1.54) is 17.3 Å². The van der Waals surface area contributed by atoms with Gasteiger partial charge in [0.1, 0.15) is 0 Å². The highest BCUT2D eigenvalue weighted by Crippen LogP contribution is 2.26. The van der Waals surface area contributed by atoms with E-state index < -0.39 is 0 Å². The molecular weight excluding hydrogens is 252 g/mol. The maximum absolute atomic E-state index is 11.9. The molecule has 0 aromatic heterocycles. The van der Waals surface area contributed by atoms with Crippen molar-refractivity contribution in [1.29, 1.82) is 0 Å². The summed E-state index contributed by atoms with van der Waals surface area (Å²) in [5, 5.41) is 3.97. The van der Waals surface area contributed by atoms with E-state index in [9.17, 15) is 4.79 Å². The van der Waals surface area contributed by atoms with Gasteiger partial charge in [-0.05, 0) is 12.3 Å². The first kappa shape index (κ1) is 13.6. The molecule has 17 heavy (non-hydrogen) atoms. The van der Waals surface area contributed by atoms with Crippen molar-refractivity contribution in [3.63, 3.8) is 0 Å². The molecule has 2 unspecified atom stereocenters. The molecule has 1 N–H and O–H groups in total. The molecule has 0 aromatic carbocycles. The number of rotatable bonds is 4. The van der Waals surface area contributed by atoms with Crippen molar-refractivity contribution >= 4 is 29.4 Å². The molecule has 0 aliphatic carbocycles. The number of thioether (sulfide) groups is 2. The molecule has 0 radical (unpaired) electrons. The molecule has 2 saturated heterocycles. The number of nitrogens with zero attached hydrogens (tertiary/aromatic N) is 1. The summed E-state index contributed by atoms with van der Waals surface area (Å²) in [6, 6.07) is 0. The van der Waals surface area contributed by atoms with Crippen LogP contribution in [0, 0.1) is 5.92 Å². The lowest BCUT2D eigenvalue weighted by molar-refractivity contribution is -0.128. The van der Waals surface area contributed by atoms with E-state index >= 15 is 0 Å². The minimum absolute atomic E-state index is 0.273. The van der Waals surface area contributed by atoms with Gasteiger partial charge in [0, 0.05) is 29.1 Å². The molecule has 2 aliphatic rings. The Bertz CT molecular complexity index is 267. The fourth-order valence-corrected chi connectivity index (χ4v) is 5.00. The van der Waals surface area contributed by atoms with E-state index in [0.29, 0.717) is 17.7 Å². The second kappa shape index (κ2) is 6.34. The quantitative estimate of drug-likeness (QED) is 0.845. The first-order valence-corrected chi connectivity index (χ1v) is 8.59. The third kappa shape index (κ3) is 3.80. The van der Waals surface area contributed by atoms with E-state index in [0.717, 1.165) is 13.0 Å². The Kier molecular flexibility index (Phi) is 5.06. The molecular formula is C12H22N2OS2. The van der Waals surface area contributed by atoms with E-state index in [1.807, 2.05) is 23.5 Å². The number of carbonyl (C=O) groups is 1. The topological polar surface area (TPSA) is 32.3 Å². The maximum atomic E-state index is 11.9. The molecule has 2 rings (SSSR count). The maximum Gasteiger partial charge on any atom is 0.237 e. The zero-order valence-corrected chi connectivity index (χ0v) is 12.3. The summed E-state index contributed by atoms with van der Waals surface area (Å²) in [5.41, 5.74) is 0. The lowest BCUT2D eigenvalue weighted by Gasteiger charge is -2.30. The van der Waals surface area contributed by atoms with Gasteiger partial charge in [-0.15, -0.1) is 0 Å². The van der Waals surface area contributed by atoms with Crippen molar-refractivity contribution in [1.82, 2.24) is 10.2 Å². The fourth-order valence-electron chi connectivity index (χ4n) is 2.34. The average molecular weight is 274 g/mol. The predicted molar refractivity (Wildman–Crippen MR) is 76.5 cm³/mol. The second-order valence-corrected chi connectivity index (χ2v) is 7.70. The van der Waals surface area contributed by atoms with Crippen LogP contribution in [0.5, 0.6) is 0 Å². The molecule has 2 heterocycles. The van der Waals surface area contributed by atoms with Crippen LogP contribution in [0.1, 0.15) is 20.3 Å². The largest absolute Gasteiger partial charge is 0.325 e.